The molecular weight excluding hydrogens is 222 g/mol. The molecule has 0 atom stereocenters. The quantitative estimate of drug-likeness (QED) is 0.769. The van der Waals surface area contributed by atoms with E-state index in [4.69, 9.17) is 0 Å². The Labute approximate surface area is 82.9 Å². The lowest BCUT2D eigenvalue weighted by molar-refractivity contribution is 0.464. The van der Waals surface area contributed by atoms with Crippen LogP contribution in [0.3, 0.4) is 0 Å². The second-order valence-electron chi connectivity index (χ2n) is 2.85. The van der Waals surface area contributed by atoms with Crippen LogP contribution < -0.4 is 5.30 Å². The first-order valence-corrected chi connectivity index (χ1v) is 7.27. The zero-order valence-corrected chi connectivity index (χ0v) is 9.20. The Kier molecular flexibility index (Phi) is 3.97. The predicted octanol–water partition coefficient (Wildman–Crippen LogP) is 1.32. The molecule has 0 fully saturated rings. The fourth-order valence-corrected chi connectivity index (χ4v) is 3.69. The lowest BCUT2D eigenvalue weighted by Crippen LogP contribution is -2.13. The van der Waals surface area contributed by atoms with Crippen LogP contribution in [0.1, 0.15) is 0 Å². The highest BCUT2D eigenvalue weighted by atomic mass is 31.2. The molecule has 0 bridgehead atoms. The summed E-state index contributed by atoms with van der Waals surface area (Å²) < 4.78 is 20.6. The van der Waals surface area contributed by atoms with Crippen molar-refractivity contribution in [2.75, 3.05) is 12.3 Å². The van der Waals surface area contributed by atoms with Crippen LogP contribution in [0.25, 0.3) is 0 Å². The topological polar surface area (TPSA) is 74.6 Å². The van der Waals surface area contributed by atoms with Gasteiger partial charge in [-0.1, -0.05) is 18.2 Å². The van der Waals surface area contributed by atoms with Crippen molar-refractivity contribution in [2.24, 2.45) is 0 Å². The Morgan fingerprint density at radius 2 is 1.71 bits per heavy atom. The smallest absolute Gasteiger partial charge is 0.237 e. The van der Waals surface area contributed by atoms with Crippen molar-refractivity contribution >= 4 is 20.7 Å². The molecule has 1 aromatic carbocycles. The molecule has 0 aliphatic rings. The van der Waals surface area contributed by atoms with E-state index in [1.54, 1.807) is 30.3 Å². The maximum absolute atomic E-state index is 10.3. The van der Waals surface area contributed by atoms with E-state index in [1.165, 1.54) is 0 Å². The van der Waals surface area contributed by atoms with Gasteiger partial charge in [-0.3, -0.25) is 0 Å². The van der Waals surface area contributed by atoms with E-state index in [0.29, 0.717) is 5.30 Å². The largest absolute Gasteiger partial charge is 0.319 e. The third kappa shape index (κ3) is 3.32. The van der Waals surface area contributed by atoms with Gasteiger partial charge in [0.15, 0.2) is 5.30 Å². The van der Waals surface area contributed by atoms with Gasteiger partial charge < -0.3 is 0 Å². The first-order valence-electron chi connectivity index (χ1n) is 4.03. The van der Waals surface area contributed by atoms with Crippen LogP contribution in [0.4, 0.5) is 0 Å². The molecule has 14 heavy (non-hydrogen) atoms. The minimum absolute atomic E-state index is 0.101. The van der Waals surface area contributed by atoms with Gasteiger partial charge in [0.2, 0.25) is 0 Å². The number of hydrogen-bond donors (Lipinski definition) is 2. The van der Waals surface area contributed by atoms with E-state index < -0.39 is 15.4 Å². The normalized spacial score (nSPS) is 11.3. The van der Waals surface area contributed by atoms with Gasteiger partial charge in [-0.15, -0.1) is 0 Å². The molecule has 0 aliphatic carbocycles. The Morgan fingerprint density at radius 3 is 2.21 bits per heavy atom. The molecule has 0 radical (unpaired) electrons. The van der Waals surface area contributed by atoms with Crippen molar-refractivity contribution in [3.05, 3.63) is 30.3 Å². The summed E-state index contributed by atoms with van der Waals surface area (Å²) in [4.78, 5) is 19.3. The molecule has 0 unspecified atom stereocenters. The second-order valence-corrected chi connectivity index (χ2v) is 6.38. The Morgan fingerprint density at radius 1 is 1.14 bits per heavy atom. The van der Waals surface area contributed by atoms with E-state index in [1.807, 2.05) is 0 Å². The average Bonchev–Trinajstić information content (AvgIpc) is 2.16. The van der Waals surface area contributed by atoms with Crippen molar-refractivity contribution in [1.29, 1.82) is 0 Å². The SMILES string of the molecule is O=P(=O)CC[P+](O)(O)c1ccccc1. The predicted molar refractivity (Wildman–Crippen MR) is 55.5 cm³/mol. The minimum Gasteiger partial charge on any atom is -0.237 e. The van der Waals surface area contributed by atoms with Gasteiger partial charge in [-0.05, 0) is 12.1 Å². The molecule has 0 saturated carbocycles. The van der Waals surface area contributed by atoms with Crippen LogP contribution in [-0.2, 0) is 9.13 Å². The van der Waals surface area contributed by atoms with E-state index >= 15 is 0 Å². The van der Waals surface area contributed by atoms with Crippen molar-refractivity contribution in [1.82, 2.24) is 0 Å². The van der Waals surface area contributed by atoms with E-state index in [-0.39, 0.29) is 12.3 Å². The zero-order chi connectivity index (χ0) is 10.6. The van der Waals surface area contributed by atoms with Crippen molar-refractivity contribution in [3.8, 4) is 0 Å². The van der Waals surface area contributed by atoms with E-state index in [9.17, 15) is 18.9 Å². The van der Waals surface area contributed by atoms with Crippen LogP contribution in [0.15, 0.2) is 30.3 Å². The summed E-state index contributed by atoms with van der Waals surface area (Å²) in [5.74, 6) is 0. The second kappa shape index (κ2) is 4.81. The van der Waals surface area contributed by atoms with Gasteiger partial charge in [0, 0.05) is 0 Å². The van der Waals surface area contributed by atoms with Gasteiger partial charge in [-0.25, -0.2) is 18.9 Å². The zero-order valence-electron chi connectivity index (χ0n) is 7.41. The molecule has 0 amide bonds. The molecule has 0 aliphatic heterocycles. The van der Waals surface area contributed by atoms with Crippen LogP contribution in [0.2, 0.25) is 0 Å². The molecular formula is C8H11O4P2+. The minimum atomic E-state index is -3.23. The highest BCUT2D eigenvalue weighted by Gasteiger charge is 2.36. The standard InChI is InChI=1S/C8H11O4P2/c9-13(10)6-7-14(11,12)8-4-2-1-3-5-8/h1-5,11-12H,6-7H2/q+1. The van der Waals surface area contributed by atoms with Gasteiger partial charge in [-0.2, -0.15) is 0 Å². The maximum atomic E-state index is 10.3. The van der Waals surface area contributed by atoms with Crippen LogP contribution in [0.5, 0.6) is 0 Å². The first kappa shape index (κ1) is 11.5. The van der Waals surface area contributed by atoms with Crippen molar-refractivity contribution in [3.63, 3.8) is 0 Å². The lowest BCUT2D eigenvalue weighted by atomic mass is 10.4. The van der Waals surface area contributed by atoms with Gasteiger partial charge in [0.05, 0.1) is 6.16 Å². The third-order valence-electron chi connectivity index (χ3n) is 1.76. The maximum Gasteiger partial charge on any atom is 0.319 e. The van der Waals surface area contributed by atoms with Crippen LogP contribution >= 0.6 is 15.4 Å². The summed E-state index contributed by atoms with van der Waals surface area (Å²) in [5, 5.41) is 0.414. The number of hydrogen-bond acceptors (Lipinski definition) is 4. The molecule has 4 nitrogen and oxygen atoms in total. The van der Waals surface area contributed by atoms with Gasteiger partial charge in [0.25, 0.3) is 0 Å². The van der Waals surface area contributed by atoms with Crippen molar-refractivity contribution < 1.29 is 18.9 Å². The highest BCUT2D eigenvalue weighted by Crippen LogP contribution is 2.48. The van der Waals surface area contributed by atoms with E-state index in [2.05, 4.69) is 0 Å². The van der Waals surface area contributed by atoms with Gasteiger partial charge >= 0.3 is 15.4 Å². The third-order valence-corrected chi connectivity index (χ3v) is 4.68. The number of rotatable bonds is 4. The average molecular weight is 233 g/mol. The van der Waals surface area contributed by atoms with Crippen LogP contribution in [0, 0.1) is 0 Å². The molecule has 0 spiro atoms. The summed E-state index contributed by atoms with van der Waals surface area (Å²) in [6, 6.07) is 8.32. The molecule has 0 saturated heterocycles. The fourth-order valence-electron chi connectivity index (χ4n) is 1.02. The fraction of sp³-hybridized carbons (Fsp3) is 0.250. The molecule has 1 aromatic rings. The summed E-state index contributed by atoms with van der Waals surface area (Å²) in [5.41, 5.74) is 0. The summed E-state index contributed by atoms with van der Waals surface area (Å²) >= 11 is 0. The Bertz CT molecular complexity index is 351. The van der Waals surface area contributed by atoms with Crippen LogP contribution in [-0.4, -0.2) is 22.1 Å². The molecule has 0 aromatic heterocycles. The summed E-state index contributed by atoms with van der Waals surface area (Å²) in [7, 11) is -5.78. The van der Waals surface area contributed by atoms with Gasteiger partial charge in [0.1, 0.15) is 6.16 Å². The monoisotopic (exact) mass is 233 g/mol. The molecule has 76 valence electrons. The number of benzene rings is 1. The first-order chi connectivity index (χ1) is 6.52. The van der Waals surface area contributed by atoms with E-state index in [0.717, 1.165) is 0 Å². The summed E-state index contributed by atoms with van der Waals surface area (Å²) in [6.45, 7) is 0. The molecule has 2 N–H and O–H groups in total. The molecule has 6 heteroatoms. The van der Waals surface area contributed by atoms with Crippen molar-refractivity contribution in [2.45, 2.75) is 0 Å². The Hall–Kier alpha value is -0.530. The molecule has 1 rings (SSSR count). The lowest BCUT2D eigenvalue weighted by Gasteiger charge is -2.09. The Balaban J connectivity index is 2.75. The molecule has 0 heterocycles. The summed E-state index contributed by atoms with van der Waals surface area (Å²) in [6.07, 6.45) is -0.291. The highest BCUT2D eigenvalue weighted by molar-refractivity contribution is 7.72.